The molecule has 4 aromatic rings. The largest absolute Gasteiger partial charge is 0.484 e. The fraction of sp³-hybridized carbons (Fsp3) is 0.250. The molecule has 2 nitrogen and oxygen atoms in total. The lowest BCUT2D eigenvalue weighted by molar-refractivity contribution is 0.268. The number of benzene rings is 4. The fourth-order valence-corrected chi connectivity index (χ4v) is 9.95. The van der Waals surface area contributed by atoms with Crippen LogP contribution in [0.2, 0.25) is 0 Å². The van der Waals surface area contributed by atoms with E-state index in [1.165, 1.54) is 72.6 Å². The van der Waals surface area contributed by atoms with Crippen molar-refractivity contribution in [1.82, 2.24) is 0 Å². The molecule has 1 aliphatic heterocycles. The van der Waals surface area contributed by atoms with Crippen molar-refractivity contribution in [3.63, 3.8) is 0 Å². The number of hydrogen-bond donors (Lipinski definition) is 0. The summed E-state index contributed by atoms with van der Waals surface area (Å²) in [5.41, 5.74) is 17.9. The van der Waals surface area contributed by atoms with Gasteiger partial charge in [-0.3, -0.25) is 0 Å². The topological polar surface area (TPSA) is 12.5 Å². The van der Waals surface area contributed by atoms with Crippen LogP contribution in [0.5, 0.6) is 5.75 Å². The molecule has 6 aliphatic rings. The van der Waals surface area contributed by atoms with Crippen LogP contribution in [-0.2, 0) is 10.8 Å². The lowest BCUT2D eigenvalue weighted by atomic mass is 9.76. The van der Waals surface area contributed by atoms with Crippen LogP contribution in [-0.4, -0.2) is 12.1 Å². The zero-order chi connectivity index (χ0) is 33.8. The standard InChI is InChI=1S/C48H43NO/c1-47(2)40-16-10-8-14-35(40)36-24-22-33(28-42(36)47)49(32-20-18-31(19-21-32)30-12-6-5-7-13-30)34-23-25-39-43(29-34)48(3,4)41-27-26-38-37-15-9-11-17-44(37)50-46(38)45(39)41/h5-21,23,25-28,34,37,44H,22,24,29H2,1-4H3. The highest BCUT2D eigenvalue weighted by Gasteiger charge is 2.46. The second-order valence-corrected chi connectivity index (χ2v) is 15.9. The van der Waals surface area contributed by atoms with Crippen LogP contribution in [0.25, 0.3) is 22.3 Å². The summed E-state index contributed by atoms with van der Waals surface area (Å²) >= 11 is 0. The average molecular weight is 650 g/mol. The van der Waals surface area contributed by atoms with E-state index in [4.69, 9.17) is 4.74 Å². The number of anilines is 1. The molecule has 0 amide bonds. The summed E-state index contributed by atoms with van der Waals surface area (Å²) in [6.07, 6.45) is 19.4. The third kappa shape index (κ3) is 4.21. The van der Waals surface area contributed by atoms with Gasteiger partial charge in [-0.2, -0.15) is 0 Å². The first kappa shape index (κ1) is 29.8. The lowest BCUT2D eigenvalue weighted by Crippen LogP contribution is -2.37. The molecular formula is C48H43NO. The van der Waals surface area contributed by atoms with E-state index >= 15 is 0 Å². The minimum absolute atomic E-state index is 0.0183. The van der Waals surface area contributed by atoms with Crippen molar-refractivity contribution in [1.29, 1.82) is 0 Å². The van der Waals surface area contributed by atoms with Gasteiger partial charge in [0.25, 0.3) is 0 Å². The van der Waals surface area contributed by atoms with E-state index in [1.54, 1.807) is 0 Å². The highest BCUT2D eigenvalue weighted by atomic mass is 16.5. The average Bonchev–Trinajstić information content (AvgIpc) is 3.72. The van der Waals surface area contributed by atoms with Gasteiger partial charge in [0.15, 0.2) is 0 Å². The molecule has 0 spiro atoms. The smallest absolute Gasteiger partial charge is 0.132 e. The Bertz CT molecular complexity index is 2270. The van der Waals surface area contributed by atoms with Crippen molar-refractivity contribution < 1.29 is 4.74 Å². The number of hydrogen-bond acceptors (Lipinski definition) is 2. The van der Waals surface area contributed by atoms with Gasteiger partial charge in [0, 0.05) is 39.3 Å². The number of allylic oxidation sites excluding steroid dienone is 8. The minimum atomic E-state index is -0.0833. The summed E-state index contributed by atoms with van der Waals surface area (Å²) in [5, 5.41) is 0. The van der Waals surface area contributed by atoms with E-state index in [1.807, 2.05) is 0 Å². The summed E-state index contributed by atoms with van der Waals surface area (Å²) in [6, 6.07) is 34.0. The van der Waals surface area contributed by atoms with Crippen molar-refractivity contribution in [2.24, 2.45) is 0 Å². The molecule has 0 aromatic heterocycles. The molecule has 5 aliphatic carbocycles. The summed E-state index contributed by atoms with van der Waals surface area (Å²) in [7, 11) is 0. The van der Waals surface area contributed by atoms with Gasteiger partial charge in [-0.25, -0.2) is 0 Å². The molecule has 1 heterocycles. The Morgan fingerprint density at radius 1 is 0.700 bits per heavy atom. The maximum absolute atomic E-state index is 6.74. The summed E-state index contributed by atoms with van der Waals surface area (Å²) in [5.74, 6) is 1.40. The zero-order valence-corrected chi connectivity index (χ0v) is 29.4. The predicted molar refractivity (Wildman–Crippen MR) is 207 cm³/mol. The predicted octanol–water partition coefficient (Wildman–Crippen LogP) is 11.6. The number of rotatable bonds is 4. The maximum atomic E-state index is 6.74. The Morgan fingerprint density at radius 3 is 2.30 bits per heavy atom. The first-order chi connectivity index (χ1) is 24.3. The van der Waals surface area contributed by atoms with Crippen LogP contribution in [0, 0.1) is 0 Å². The van der Waals surface area contributed by atoms with Crippen molar-refractivity contribution in [3.05, 3.63) is 178 Å². The molecule has 3 unspecified atom stereocenters. The van der Waals surface area contributed by atoms with Crippen molar-refractivity contribution in [2.45, 2.75) is 75.9 Å². The molecule has 2 heteroatoms. The molecule has 0 bridgehead atoms. The van der Waals surface area contributed by atoms with E-state index in [0.717, 1.165) is 25.0 Å². The maximum Gasteiger partial charge on any atom is 0.132 e. The Hall–Kier alpha value is -5.08. The molecule has 0 saturated carbocycles. The van der Waals surface area contributed by atoms with Crippen LogP contribution in [0.4, 0.5) is 5.69 Å². The van der Waals surface area contributed by atoms with Gasteiger partial charge in [0.05, 0.1) is 6.04 Å². The molecule has 10 rings (SSSR count). The minimum Gasteiger partial charge on any atom is -0.484 e. The molecule has 3 atom stereocenters. The Balaban J connectivity index is 1.07. The summed E-state index contributed by atoms with van der Waals surface area (Å²) < 4.78 is 6.74. The molecular weight excluding hydrogens is 607 g/mol. The van der Waals surface area contributed by atoms with Crippen LogP contribution in [0.3, 0.4) is 0 Å². The Kier molecular flexibility index (Phi) is 6.38. The van der Waals surface area contributed by atoms with Gasteiger partial charge in [0.2, 0.25) is 0 Å². The molecule has 4 aromatic carbocycles. The SMILES string of the molecule is CC1(C)C2=C(CCC(N(c3ccc(-c4ccccc4)cc3)C3C=CC4=C(C3)C(C)(C)c3ccc5c(c34)OC3C=CC=CC53)=C2)c2ccccc21. The van der Waals surface area contributed by atoms with Gasteiger partial charge in [-0.15, -0.1) is 0 Å². The van der Waals surface area contributed by atoms with Crippen LogP contribution >= 0.6 is 0 Å². The second-order valence-electron chi connectivity index (χ2n) is 15.9. The van der Waals surface area contributed by atoms with Crippen molar-refractivity contribution in [2.75, 3.05) is 4.90 Å². The van der Waals surface area contributed by atoms with E-state index in [2.05, 4.69) is 166 Å². The zero-order valence-electron chi connectivity index (χ0n) is 29.4. The molecule has 0 fully saturated rings. The first-order valence-corrected chi connectivity index (χ1v) is 18.4. The molecule has 50 heavy (non-hydrogen) atoms. The number of ether oxygens (including phenoxy) is 1. The third-order valence-electron chi connectivity index (χ3n) is 12.6. The molecule has 0 N–H and O–H groups in total. The normalized spacial score (nSPS) is 24.2. The van der Waals surface area contributed by atoms with Crippen molar-refractivity contribution >= 4 is 16.8 Å². The van der Waals surface area contributed by atoms with Crippen molar-refractivity contribution in [3.8, 4) is 16.9 Å². The fourth-order valence-electron chi connectivity index (χ4n) is 9.95. The Labute approximate surface area is 296 Å². The second kappa shape index (κ2) is 10.7. The van der Waals surface area contributed by atoms with E-state index in [-0.39, 0.29) is 23.0 Å². The van der Waals surface area contributed by atoms with Crippen LogP contribution in [0.1, 0.15) is 80.7 Å². The van der Waals surface area contributed by atoms with Gasteiger partial charge in [-0.05, 0) is 93.7 Å². The van der Waals surface area contributed by atoms with Crippen LogP contribution in [0.15, 0.2) is 150 Å². The monoisotopic (exact) mass is 649 g/mol. The number of fused-ring (bicyclic) bond motifs is 8. The quantitative estimate of drug-likeness (QED) is 0.218. The number of nitrogens with zero attached hydrogens (tertiary/aromatic N) is 1. The molecule has 0 saturated heterocycles. The van der Waals surface area contributed by atoms with Crippen LogP contribution < -0.4 is 9.64 Å². The highest BCUT2D eigenvalue weighted by Crippen LogP contribution is 2.58. The summed E-state index contributed by atoms with van der Waals surface area (Å²) in [4.78, 5) is 2.67. The van der Waals surface area contributed by atoms with Gasteiger partial charge >= 0.3 is 0 Å². The van der Waals surface area contributed by atoms with Gasteiger partial charge in [0.1, 0.15) is 11.9 Å². The summed E-state index contributed by atoms with van der Waals surface area (Å²) in [6.45, 7) is 9.66. The third-order valence-corrected chi connectivity index (χ3v) is 12.6. The molecule has 0 radical (unpaired) electrons. The van der Waals surface area contributed by atoms with Gasteiger partial charge < -0.3 is 9.64 Å². The Morgan fingerprint density at radius 2 is 1.46 bits per heavy atom. The van der Waals surface area contributed by atoms with E-state index in [0.29, 0.717) is 5.92 Å². The van der Waals surface area contributed by atoms with E-state index in [9.17, 15) is 0 Å². The van der Waals surface area contributed by atoms with Gasteiger partial charge in [-0.1, -0.05) is 137 Å². The molecule has 246 valence electrons. The van der Waals surface area contributed by atoms with E-state index < -0.39 is 0 Å². The lowest BCUT2D eigenvalue weighted by Gasteiger charge is -2.40. The first-order valence-electron chi connectivity index (χ1n) is 18.4. The highest BCUT2D eigenvalue weighted by molar-refractivity contribution is 5.91.